The third-order valence-corrected chi connectivity index (χ3v) is 4.33. The highest BCUT2D eigenvalue weighted by Crippen LogP contribution is 2.39. The smallest absolute Gasteiger partial charge is 0.411 e. The summed E-state index contributed by atoms with van der Waals surface area (Å²) in [7, 11) is 0. The lowest BCUT2D eigenvalue weighted by Gasteiger charge is -2.35. The average Bonchev–Trinajstić information content (AvgIpc) is 3.00. The summed E-state index contributed by atoms with van der Waals surface area (Å²) < 4.78 is 7.50. The van der Waals surface area contributed by atoms with Crippen LogP contribution in [0.1, 0.15) is 52.5 Å². The second kappa shape index (κ2) is 5.45. The van der Waals surface area contributed by atoms with Gasteiger partial charge in [0.25, 0.3) is 0 Å². The highest BCUT2D eigenvalue weighted by Gasteiger charge is 2.41. The molecule has 5 heteroatoms. The zero-order valence-electron chi connectivity index (χ0n) is 13.9. The van der Waals surface area contributed by atoms with Crippen LogP contribution in [0.15, 0.2) is 18.5 Å². The average molecular weight is 303 g/mol. The van der Waals surface area contributed by atoms with Crippen LogP contribution in [0.5, 0.6) is 0 Å². The Kier molecular flexibility index (Phi) is 3.75. The Balaban J connectivity index is 1.78. The van der Waals surface area contributed by atoms with Gasteiger partial charge in [-0.05, 0) is 52.5 Å². The minimum atomic E-state index is -0.442. The van der Waals surface area contributed by atoms with E-state index in [9.17, 15) is 4.79 Å². The van der Waals surface area contributed by atoms with Gasteiger partial charge in [-0.15, -0.1) is 0 Å². The molecule has 0 aliphatic carbocycles. The number of aryl methyl sites for hydroxylation is 1. The maximum atomic E-state index is 12.4. The molecule has 2 aliphatic rings. The molecule has 0 aromatic carbocycles. The molecule has 0 spiro atoms. The largest absolute Gasteiger partial charge is 0.444 e. The number of ether oxygens (including phenoxy) is 1. The Hall–Kier alpha value is -1.78. The lowest BCUT2D eigenvalue weighted by atomic mass is 9.97. The van der Waals surface area contributed by atoms with Crippen molar-refractivity contribution in [2.75, 3.05) is 0 Å². The van der Waals surface area contributed by atoms with E-state index in [1.54, 1.807) is 0 Å². The van der Waals surface area contributed by atoms with Crippen molar-refractivity contribution in [3.8, 4) is 0 Å². The summed E-state index contributed by atoms with van der Waals surface area (Å²) in [6.45, 7) is 8.70. The number of rotatable bonds is 2. The summed E-state index contributed by atoms with van der Waals surface area (Å²) in [5.74, 6) is 0. The molecule has 22 heavy (non-hydrogen) atoms. The topological polar surface area (TPSA) is 47.4 Å². The van der Waals surface area contributed by atoms with Crippen LogP contribution < -0.4 is 0 Å². The van der Waals surface area contributed by atoms with Crippen molar-refractivity contribution < 1.29 is 9.53 Å². The van der Waals surface area contributed by atoms with Crippen LogP contribution in [0.3, 0.4) is 0 Å². The minimum Gasteiger partial charge on any atom is -0.444 e. The number of hydrogen-bond acceptors (Lipinski definition) is 3. The molecule has 1 fully saturated rings. The first-order chi connectivity index (χ1) is 10.4. The second-order valence-corrected chi connectivity index (χ2v) is 7.17. The number of amides is 1. The number of aromatic nitrogens is 2. The number of nitrogens with zero attached hydrogens (tertiary/aromatic N) is 3. The van der Waals surface area contributed by atoms with Gasteiger partial charge in [0.1, 0.15) is 5.60 Å². The van der Waals surface area contributed by atoms with Crippen LogP contribution in [-0.2, 0) is 11.3 Å². The van der Waals surface area contributed by atoms with Crippen LogP contribution in [0.25, 0.3) is 5.57 Å². The molecule has 1 aromatic heterocycles. The molecule has 0 radical (unpaired) electrons. The molecule has 2 aliphatic heterocycles. The van der Waals surface area contributed by atoms with E-state index in [1.807, 2.05) is 36.5 Å². The van der Waals surface area contributed by atoms with Gasteiger partial charge in [-0.2, -0.15) is 5.10 Å². The monoisotopic (exact) mass is 303 g/mol. The van der Waals surface area contributed by atoms with E-state index < -0.39 is 5.60 Å². The van der Waals surface area contributed by atoms with Gasteiger partial charge in [0.15, 0.2) is 0 Å². The van der Waals surface area contributed by atoms with Gasteiger partial charge in [-0.3, -0.25) is 9.58 Å². The summed E-state index contributed by atoms with van der Waals surface area (Å²) >= 11 is 0. The predicted molar refractivity (Wildman–Crippen MR) is 85.4 cm³/mol. The molecule has 1 saturated heterocycles. The van der Waals surface area contributed by atoms with E-state index in [2.05, 4.69) is 24.3 Å². The summed E-state index contributed by atoms with van der Waals surface area (Å²) in [6.07, 6.45) is 9.03. The molecule has 1 amide bonds. The van der Waals surface area contributed by atoms with E-state index >= 15 is 0 Å². The van der Waals surface area contributed by atoms with Gasteiger partial charge >= 0.3 is 6.09 Å². The van der Waals surface area contributed by atoms with Crippen LogP contribution >= 0.6 is 0 Å². The van der Waals surface area contributed by atoms with Crippen LogP contribution in [0.2, 0.25) is 0 Å². The number of carbonyl (C=O) groups excluding carboxylic acids is 1. The van der Waals surface area contributed by atoms with Gasteiger partial charge in [0, 0.05) is 24.3 Å². The zero-order valence-corrected chi connectivity index (χ0v) is 13.9. The Bertz CT molecular complexity index is 597. The minimum absolute atomic E-state index is 0.161. The molecule has 2 atom stereocenters. The van der Waals surface area contributed by atoms with E-state index in [4.69, 9.17) is 4.74 Å². The van der Waals surface area contributed by atoms with Crippen molar-refractivity contribution >= 4 is 11.7 Å². The maximum Gasteiger partial charge on any atom is 0.411 e. The van der Waals surface area contributed by atoms with E-state index in [-0.39, 0.29) is 18.2 Å². The third-order valence-electron chi connectivity index (χ3n) is 4.33. The summed E-state index contributed by atoms with van der Waals surface area (Å²) in [5, 5.41) is 4.35. The predicted octanol–water partition coefficient (Wildman–Crippen LogP) is 3.46. The maximum absolute atomic E-state index is 12.4. The Labute approximate surface area is 131 Å². The number of hydrogen-bond donors (Lipinski definition) is 0. The Morgan fingerprint density at radius 2 is 2.18 bits per heavy atom. The van der Waals surface area contributed by atoms with Crippen molar-refractivity contribution in [1.29, 1.82) is 0 Å². The molecule has 3 heterocycles. The molecule has 120 valence electrons. The first-order valence-corrected chi connectivity index (χ1v) is 8.12. The Morgan fingerprint density at radius 3 is 2.77 bits per heavy atom. The molecule has 2 unspecified atom stereocenters. The van der Waals surface area contributed by atoms with Gasteiger partial charge < -0.3 is 4.74 Å². The number of fused-ring (bicyclic) bond motifs is 2. The van der Waals surface area contributed by atoms with Gasteiger partial charge in [-0.1, -0.05) is 6.08 Å². The lowest BCUT2D eigenvalue weighted by Crippen LogP contribution is -2.45. The van der Waals surface area contributed by atoms with Crippen molar-refractivity contribution in [2.24, 2.45) is 0 Å². The molecule has 0 N–H and O–H groups in total. The van der Waals surface area contributed by atoms with Crippen molar-refractivity contribution in [3.63, 3.8) is 0 Å². The highest BCUT2D eigenvalue weighted by molar-refractivity contribution is 5.74. The zero-order chi connectivity index (χ0) is 15.9. The number of carbonyl (C=O) groups is 1. The van der Waals surface area contributed by atoms with E-state index in [1.165, 1.54) is 11.1 Å². The quantitative estimate of drug-likeness (QED) is 0.840. The molecular weight excluding hydrogens is 278 g/mol. The fourth-order valence-electron chi connectivity index (χ4n) is 3.35. The first-order valence-electron chi connectivity index (χ1n) is 8.12. The molecule has 0 saturated carbocycles. The molecule has 2 bridgehead atoms. The van der Waals surface area contributed by atoms with Crippen LogP contribution in [0, 0.1) is 0 Å². The molecule has 1 aromatic rings. The SMILES string of the molecule is CCn1cc(C2=CC3CCC(C2)N3C(=O)OC(C)(C)C)cn1. The fourth-order valence-corrected chi connectivity index (χ4v) is 3.35. The first kappa shape index (κ1) is 15.1. The van der Waals surface area contributed by atoms with Crippen molar-refractivity contribution in [2.45, 2.75) is 71.2 Å². The molecule has 3 rings (SSSR count). The van der Waals surface area contributed by atoms with Gasteiger partial charge in [0.05, 0.1) is 12.2 Å². The fraction of sp³-hybridized carbons (Fsp3) is 0.647. The van der Waals surface area contributed by atoms with Gasteiger partial charge in [-0.25, -0.2) is 4.79 Å². The Morgan fingerprint density at radius 1 is 1.41 bits per heavy atom. The standard InChI is InChI=1S/C17H25N3O2/c1-5-19-11-13(10-18-19)12-8-14-6-7-15(9-12)20(14)16(21)22-17(2,3)4/h8,10-11,14-15H,5-7,9H2,1-4H3. The van der Waals surface area contributed by atoms with Crippen LogP contribution in [0.4, 0.5) is 4.79 Å². The van der Waals surface area contributed by atoms with Crippen molar-refractivity contribution in [3.05, 3.63) is 24.0 Å². The summed E-state index contributed by atoms with van der Waals surface area (Å²) in [4.78, 5) is 14.4. The van der Waals surface area contributed by atoms with Crippen LogP contribution in [-0.4, -0.2) is 38.5 Å². The lowest BCUT2D eigenvalue weighted by molar-refractivity contribution is 0.0175. The summed E-state index contributed by atoms with van der Waals surface area (Å²) in [6, 6.07) is 0.415. The second-order valence-electron chi connectivity index (χ2n) is 7.17. The van der Waals surface area contributed by atoms with E-state index in [0.717, 1.165) is 25.8 Å². The van der Waals surface area contributed by atoms with Crippen molar-refractivity contribution in [1.82, 2.24) is 14.7 Å². The van der Waals surface area contributed by atoms with Gasteiger partial charge in [0.2, 0.25) is 0 Å². The van der Waals surface area contributed by atoms with E-state index in [0.29, 0.717) is 0 Å². The third kappa shape index (κ3) is 2.89. The summed E-state index contributed by atoms with van der Waals surface area (Å²) in [5.41, 5.74) is 2.05. The molecule has 5 nitrogen and oxygen atoms in total. The molecular formula is C17H25N3O2. The highest BCUT2D eigenvalue weighted by atomic mass is 16.6. The normalized spacial score (nSPS) is 24.4.